The number of aliphatic hydroxyl groups is 1. The lowest BCUT2D eigenvalue weighted by molar-refractivity contribution is -0.0570. The average molecular weight is 239 g/mol. The van der Waals surface area contributed by atoms with E-state index in [1.165, 1.54) is 19.3 Å². The summed E-state index contributed by atoms with van der Waals surface area (Å²) in [5.41, 5.74) is -0.362. The van der Waals surface area contributed by atoms with Crippen molar-refractivity contribution in [3.05, 3.63) is 0 Å². The molecule has 0 aromatic rings. The maximum atomic E-state index is 11.0. The van der Waals surface area contributed by atoms with Crippen LogP contribution in [0.1, 0.15) is 52.4 Å². The lowest BCUT2D eigenvalue weighted by Crippen LogP contribution is -2.42. The van der Waals surface area contributed by atoms with Crippen molar-refractivity contribution >= 4 is 0 Å². The van der Waals surface area contributed by atoms with Gasteiger partial charge in [0.25, 0.3) is 0 Å². The molecule has 17 heavy (non-hydrogen) atoms. The Balaban J connectivity index is 1.99. The molecule has 4 unspecified atom stereocenters. The zero-order valence-corrected chi connectivity index (χ0v) is 11.8. The molecule has 1 saturated heterocycles. The maximum absolute atomic E-state index is 11.0. The van der Waals surface area contributed by atoms with Crippen LogP contribution in [-0.4, -0.2) is 35.7 Å². The van der Waals surface area contributed by atoms with Crippen molar-refractivity contribution in [3.8, 4) is 0 Å². The standard InChI is InChI=1S/C15H29NO/c1-12-5-6-14(11-13(12)2)15(17)7-4-9-16(3)10-8-15/h12-14,17H,4-11H2,1-3H3. The highest BCUT2D eigenvalue weighted by Gasteiger charge is 2.40. The minimum atomic E-state index is -0.362. The summed E-state index contributed by atoms with van der Waals surface area (Å²) < 4.78 is 0. The summed E-state index contributed by atoms with van der Waals surface area (Å²) in [6.07, 6.45) is 6.95. The third-order valence-corrected chi connectivity index (χ3v) is 5.43. The molecule has 1 saturated carbocycles. The van der Waals surface area contributed by atoms with Gasteiger partial charge in [0.2, 0.25) is 0 Å². The zero-order valence-electron chi connectivity index (χ0n) is 11.8. The fourth-order valence-electron chi connectivity index (χ4n) is 3.72. The molecule has 0 spiro atoms. The monoisotopic (exact) mass is 239 g/mol. The lowest BCUT2D eigenvalue weighted by atomic mass is 9.67. The molecule has 100 valence electrons. The number of nitrogens with zero attached hydrogens (tertiary/aromatic N) is 1. The Morgan fingerprint density at radius 2 is 1.82 bits per heavy atom. The van der Waals surface area contributed by atoms with Gasteiger partial charge in [-0.1, -0.05) is 20.3 Å². The quantitative estimate of drug-likeness (QED) is 0.760. The molecule has 2 fully saturated rings. The molecule has 0 aromatic carbocycles. The Morgan fingerprint density at radius 3 is 2.53 bits per heavy atom. The summed E-state index contributed by atoms with van der Waals surface area (Å²) in [7, 11) is 2.18. The van der Waals surface area contributed by atoms with Crippen LogP contribution in [0.5, 0.6) is 0 Å². The van der Waals surface area contributed by atoms with Crippen LogP contribution in [0, 0.1) is 17.8 Å². The van der Waals surface area contributed by atoms with E-state index in [2.05, 4.69) is 25.8 Å². The summed E-state index contributed by atoms with van der Waals surface area (Å²) >= 11 is 0. The predicted octanol–water partition coefficient (Wildman–Crippen LogP) is 2.91. The second-order valence-corrected chi connectivity index (χ2v) is 6.72. The van der Waals surface area contributed by atoms with Crippen molar-refractivity contribution in [2.45, 2.75) is 58.0 Å². The molecule has 2 heteroatoms. The van der Waals surface area contributed by atoms with Crippen molar-refractivity contribution in [2.24, 2.45) is 17.8 Å². The van der Waals surface area contributed by atoms with Crippen LogP contribution in [0.15, 0.2) is 0 Å². The Labute approximate surface area is 106 Å². The van der Waals surface area contributed by atoms with E-state index in [9.17, 15) is 5.11 Å². The van der Waals surface area contributed by atoms with E-state index in [1.807, 2.05) is 0 Å². The first-order chi connectivity index (χ1) is 8.01. The second kappa shape index (κ2) is 5.27. The molecule has 0 amide bonds. The molecule has 2 aliphatic rings. The Hall–Kier alpha value is -0.0800. The van der Waals surface area contributed by atoms with Gasteiger partial charge in [0.05, 0.1) is 5.60 Å². The molecule has 0 bridgehead atoms. The van der Waals surface area contributed by atoms with E-state index in [-0.39, 0.29) is 5.60 Å². The van der Waals surface area contributed by atoms with Gasteiger partial charge >= 0.3 is 0 Å². The summed E-state index contributed by atoms with van der Waals surface area (Å²) in [6.45, 7) is 6.95. The number of rotatable bonds is 1. The van der Waals surface area contributed by atoms with Crippen molar-refractivity contribution in [3.63, 3.8) is 0 Å². The Kier molecular flexibility index (Phi) is 4.14. The molecule has 0 aromatic heterocycles. The lowest BCUT2D eigenvalue weighted by Gasteiger charge is -2.42. The van der Waals surface area contributed by atoms with Gasteiger partial charge in [-0.05, 0) is 63.5 Å². The first kappa shape index (κ1) is 13.4. The van der Waals surface area contributed by atoms with Gasteiger partial charge < -0.3 is 10.0 Å². The number of likely N-dealkylation sites (tertiary alicyclic amines) is 1. The van der Waals surface area contributed by atoms with E-state index >= 15 is 0 Å². The van der Waals surface area contributed by atoms with E-state index in [0.29, 0.717) is 5.92 Å². The SMILES string of the molecule is CC1CCC(C2(O)CCCN(C)CC2)CC1C. The smallest absolute Gasteiger partial charge is 0.0688 e. The highest BCUT2D eigenvalue weighted by molar-refractivity contribution is 4.92. The van der Waals surface area contributed by atoms with Crippen LogP contribution in [-0.2, 0) is 0 Å². The fourth-order valence-corrected chi connectivity index (χ4v) is 3.72. The van der Waals surface area contributed by atoms with Gasteiger partial charge in [0.15, 0.2) is 0 Å². The number of hydrogen-bond donors (Lipinski definition) is 1. The highest BCUT2D eigenvalue weighted by Crippen LogP contribution is 2.42. The first-order valence-electron chi connectivity index (χ1n) is 7.42. The molecular formula is C15H29NO. The van der Waals surface area contributed by atoms with E-state index in [4.69, 9.17) is 0 Å². The van der Waals surface area contributed by atoms with E-state index < -0.39 is 0 Å². The highest BCUT2D eigenvalue weighted by atomic mass is 16.3. The third-order valence-electron chi connectivity index (χ3n) is 5.43. The average Bonchev–Trinajstić information content (AvgIpc) is 2.46. The van der Waals surface area contributed by atoms with Gasteiger partial charge in [0.1, 0.15) is 0 Å². The Bertz CT molecular complexity index is 255. The first-order valence-corrected chi connectivity index (χ1v) is 7.42. The predicted molar refractivity (Wildman–Crippen MR) is 72.0 cm³/mol. The van der Waals surface area contributed by atoms with Crippen molar-refractivity contribution in [1.82, 2.24) is 4.90 Å². The maximum Gasteiger partial charge on any atom is 0.0688 e. The van der Waals surface area contributed by atoms with Crippen LogP contribution in [0.3, 0.4) is 0 Å². The largest absolute Gasteiger partial charge is 0.390 e. The molecule has 0 radical (unpaired) electrons. The molecule has 1 heterocycles. The molecule has 2 nitrogen and oxygen atoms in total. The van der Waals surface area contributed by atoms with Crippen LogP contribution in [0.4, 0.5) is 0 Å². The third kappa shape index (κ3) is 3.03. The molecule has 4 atom stereocenters. The topological polar surface area (TPSA) is 23.5 Å². The van der Waals surface area contributed by atoms with Gasteiger partial charge in [-0.2, -0.15) is 0 Å². The fraction of sp³-hybridized carbons (Fsp3) is 1.00. The summed E-state index contributed by atoms with van der Waals surface area (Å²) in [4.78, 5) is 2.37. The van der Waals surface area contributed by atoms with Gasteiger partial charge in [-0.25, -0.2) is 0 Å². The second-order valence-electron chi connectivity index (χ2n) is 6.72. The summed E-state index contributed by atoms with van der Waals surface area (Å²) in [5.74, 6) is 2.20. The molecule has 1 aliphatic carbocycles. The van der Waals surface area contributed by atoms with Crippen LogP contribution in [0.25, 0.3) is 0 Å². The molecule has 1 aliphatic heterocycles. The minimum absolute atomic E-state index is 0.362. The zero-order chi connectivity index (χ0) is 12.5. The van der Waals surface area contributed by atoms with Crippen molar-refractivity contribution < 1.29 is 5.11 Å². The summed E-state index contributed by atoms with van der Waals surface area (Å²) in [6, 6.07) is 0. The summed E-state index contributed by atoms with van der Waals surface area (Å²) in [5, 5.41) is 11.0. The van der Waals surface area contributed by atoms with Crippen LogP contribution in [0.2, 0.25) is 0 Å². The van der Waals surface area contributed by atoms with Crippen molar-refractivity contribution in [2.75, 3.05) is 20.1 Å². The van der Waals surface area contributed by atoms with Gasteiger partial charge in [-0.15, -0.1) is 0 Å². The van der Waals surface area contributed by atoms with E-state index in [0.717, 1.165) is 44.2 Å². The van der Waals surface area contributed by atoms with Gasteiger partial charge in [0, 0.05) is 6.54 Å². The normalized spacial score (nSPS) is 45.5. The molecule has 1 N–H and O–H groups in total. The molecular weight excluding hydrogens is 210 g/mol. The minimum Gasteiger partial charge on any atom is -0.390 e. The van der Waals surface area contributed by atoms with E-state index in [1.54, 1.807) is 0 Å². The van der Waals surface area contributed by atoms with Crippen LogP contribution >= 0.6 is 0 Å². The van der Waals surface area contributed by atoms with Crippen molar-refractivity contribution in [1.29, 1.82) is 0 Å². The molecule has 2 rings (SSSR count). The van der Waals surface area contributed by atoms with Gasteiger partial charge in [-0.3, -0.25) is 0 Å². The Morgan fingerprint density at radius 1 is 1.06 bits per heavy atom. The number of hydrogen-bond acceptors (Lipinski definition) is 2. The van der Waals surface area contributed by atoms with Crippen LogP contribution < -0.4 is 0 Å².